The van der Waals surface area contributed by atoms with Gasteiger partial charge in [-0.15, -0.1) is 11.3 Å². The molecule has 1 aromatic heterocycles. The Morgan fingerprint density at radius 2 is 1.66 bits per heavy atom. The summed E-state index contributed by atoms with van der Waals surface area (Å²) < 4.78 is 4.89. The number of methoxy groups -OCH3 is 1. The van der Waals surface area contributed by atoms with Crippen LogP contribution in [0.4, 0.5) is 5.13 Å². The Morgan fingerprint density at radius 3 is 2.31 bits per heavy atom. The maximum Gasteiger partial charge on any atom is 0.310 e. The van der Waals surface area contributed by atoms with Gasteiger partial charge in [-0.05, 0) is 5.56 Å². The Bertz CT molecular complexity index is 935. The van der Waals surface area contributed by atoms with E-state index < -0.39 is 0 Å². The molecule has 1 fully saturated rings. The topological polar surface area (TPSA) is 45.7 Å². The number of esters is 1. The highest BCUT2D eigenvalue weighted by atomic mass is 32.1. The zero-order chi connectivity index (χ0) is 20.1. The molecule has 0 radical (unpaired) electrons. The first-order valence-corrected chi connectivity index (χ1v) is 10.7. The van der Waals surface area contributed by atoms with Gasteiger partial charge in [-0.2, -0.15) is 0 Å². The summed E-state index contributed by atoms with van der Waals surface area (Å²) in [6.07, 6.45) is 0.256. The van der Waals surface area contributed by atoms with Gasteiger partial charge >= 0.3 is 5.97 Å². The van der Waals surface area contributed by atoms with Crippen molar-refractivity contribution in [2.45, 2.75) is 13.0 Å². The van der Waals surface area contributed by atoms with Gasteiger partial charge in [-0.3, -0.25) is 9.69 Å². The predicted octanol–water partition coefficient (Wildman–Crippen LogP) is 3.85. The minimum Gasteiger partial charge on any atom is -0.469 e. The molecule has 4 rings (SSSR count). The Morgan fingerprint density at radius 1 is 1.00 bits per heavy atom. The SMILES string of the molecule is COC(=O)Cc1sc(N2CCN(Cc3ccccc3)CC2)nc1-c1ccccc1. The minimum atomic E-state index is -0.231. The molecule has 0 amide bonds. The van der Waals surface area contributed by atoms with Gasteiger partial charge in [0.1, 0.15) is 0 Å². The standard InChI is InChI=1S/C23H25N3O2S/c1-28-21(27)16-20-22(19-10-6-3-7-11-19)24-23(29-20)26-14-12-25(13-15-26)17-18-8-4-2-5-9-18/h2-11H,12-17H2,1H3. The summed E-state index contributed by atoms with van der Waals surface area (Å²) in [7, 11) is 1.43. The molecule has 2 heterocycles. The average Bonchev–Trinajstić information content (AvgIpc) is 3.19. The van der Waals surface area contributed by atoms with Crippen LogP contribution in [0.5, 0.6) is 0 Å². The van der Waals surface area contributed by atoms with E-state index in [0.717, 1.165) is 54.0 Å². The van der Waals surface area contributed by atoms with E-state index in [2.05, 4.69) is 40.1 Å². The van der Waals surface area contributed by atoms with Crippen LogP contribution in [0.1, 0.15) is 10.4 Å². The number of aromatic nitrogens is 1. The molecule has 0 spiro atoms. The highest BCUT2D eigenvalue weighted by Crippen LogP contribution is 2.34. The fourth-order valence-corrected chi connectivity index (χ4v) is 4.68. The van der Waals surface area contributed by atoms with Crippen molar-refractivity contribution in [3.8, 4) is 11.3 Å². The molecule has 3 aromatic rings. The quantitative estimate of drug-likeness (QED) is 0.581. The van der Waals surface area contributed by atoms with Crippen LogP contribution >= 0.6 is 11.3 Å². The lowest BCUT2D eigenvalue weighted by Gasteiger charge is -2.34. The first kappa shape index (κ1) is 19.6. The molecule has 5 nitrogen and oxygen atoms in total. The molecular weight excluding hydrogens is 382 g/mol. The molecule has 0 aliphatic carbocycles. The molecule has 6 heteroatoms. The molecule has 0 bridgehead atoms. The van der Waals surface area contributed by atoms with E-state index in [-0.39, 0.29) is 12.4 Å². The lowest BCUT2D eigenvalue weighted by Crippen LogP contribution is -2.45. The van der Waals surface area contributed by atoms with Gasteiger partial charge in [0.2, 0.25) is 0 Å². The van der Waals surface area contributed by atoms with Crippen molar-refractivity contribution in [2.24, 2.45) is 0 Å². The van der Waals surface area contributed by atoms with Crippen LogP contribution in [-0.4, -0.2) is 49.1 Å². The summed E-state index contributed by atoms with van der Waals surface area (Å²) in [6, 6.07) is 20.7. The first-order chi connectivity index (χ1) is 14.2. The minimum absolute atomic E-state index is 0.231. The number of ether oxygens (including phenoxy) is 1. The van der Waals surface area contributed by atoms with Gasteiger partial charge in [0, 0.05) is 43.2 Å². The molecule has 150 valence electrons. The van der Waals surface area contributed by atoms with Crippen molar-refractivity contribution in [1.82, 2.24) is 9.88 Å². The summed E-state index contributed by atoms with van der Waals surface area (Å²) in [6.45, 7) is 4.86. The van der Waals surface area contributed by atoms with E-state index in [4.69, 9.17) is 9.72 Å². The van der Waals surface area contributed by atoms with E-state index in [1.807, 2.05) is 30.3 Å². The van der Waals surface area contributed by atoms with E-state index in [1.54, 1.807) is 11.3 Å². The van der Waals surface area contributed by atoms with Crippen LogP contribution < -0.4 is 4.90 Å². The Balaban J connectivity index is 1.48. The monoisotopic (exact) mass is 407 g/mol. The summed E-state index contributed by atoms with van der Waals surface area (Å²) in [4.78, 5) is 22.6. The first-order valence-electron chi connectivity index (χ1n) is 9.86. The van der Waals surface area contributed by atoms with Crippen LogP contribution in [0.3, 0.4) is 0 Å². The number of carbonyl (C=O) groups is 1. The van der Waals surface area contributed by atoms with Crippen LogP contribution in [0.15, 0.2) is 60.7 Å². The van der Waals surface area contributed by atoms with E-state index >= 15 is 0 Å². The molecule has 0 N–H and O–H groups in total. The third kappa shape index (κ3) is 4.83. The zero-order valence-corrected chi connectivity index (χ0v) is 17.4. The highest BCUT2D eigenvalue weighted by molar-refractivity contribution is 7.16. The van der Waals surface area contributed by atoms with Crippen LogP contribution in [0.25, 0.3) is 11.3 Å². The van der Waals surface area contributed by atoms with Crippen molar-refractivity contribution in [3.05, 3.63) is 71.1 Å². The molecule has 1 aliphatic heterocycles. The summed E-state index contributed by atoms with van der Waals surface area (Å²) in [5.41, 5.74) is 3.28. The molecule has 0 unspecified atom stereocenters. The van der Waals surface area contributed by atoms with Gasteiger partial charge < -0.3 is 9.64 Å². The lowest BCUT2D eigenvalue weighted by molar-refractivity contribution is -0.139. The predicted molar refractivity (Wildman–Crippen MR) is 117 cm³/mol. The number of hydrogen-bond donors (Lipinski definition) is 0. The number of thiazole rings is 1. The molecule has 0 saturated carbocycles. The van der Waals surface area contributed by atoms with E-state index in [9.17, 15) is 4.79 Å². The van der Waals surface area contributed by atoms with Crippen molar-refractivity contribution < 1.29 is 9.53 Å². The highest BCUT2D eigenvalue weighted by Gasteiger charge is 2.23. The van der Waals surface area contributed by atoms with Crippen molar-refractivity contribution >= 4 is 22.4 Å². The second-order valence-electron chi connectivity index (χ2n) is 7.14. The van der Waals surface area contributed by atoms with Crippen LogP contribution in [0.2, 0.25) is 0 Å². The number of nitrogens with zero attached hydrogens (tertiary/aromatic N) is 3. The fourth-order valence-electron chi connectivity index (χ4n) is 3.56. The number of anilines is 1. The van der Waals surface area contributed by atoms with Gasteiger partial charge in [0.05, 0.1) is 19.2 Å². The van der Waals surface area contributed by atoms with Crippen LogP contribution in [0, 0.1) is 0 Å². The Labute approximate surface area is 175 Å². The second kappa shape index (κ2) is 9.20. The third-order valence-electron chi connectivity index (χ3n) is 5.16. The van der Waals surface area contributed by atoms with E-state index in [0.29, 0.717) is 0 Å². The van der Waals surface area contributed by atoms with Crippen molar-refractivity contribution in [2.75, 3.05) is 38.2 Å². The summed E-state index contributed by atoms with van der Waals surface area (Å²) in [5.74, 6) is -0.231. The molecule has 2 aromatic carbocycles. The fraction of sp³-hybridized carbons (Fsp3) is 0.304. The van der Waals surface area contributed by atoms with Crippen molar-refractivity contribution in [3.63, 3.8) is 0 Å². The molecule has 1 saturated heterocycles. The summed E-state index contributed by atoms with van der Waals surface area (Å²) >= 11 is 1.61. The maximum absolute atomic E-state index is 11.9. The van der Waals surface area contributed by atoms with Crippen LogP contribution in [-0.2, 0) is 22.5 Å². The van der Waals surface area contributed by atoms with Gasteiger partial charge in [0.15, 0.2) is 5.13 Å². The number of hydrogen-bond acceptors (Lipinski definition) is 6. The number of benzene rings is 2. The molecular formula is C23H25N3O2S. The molecule has 0 atom stereocenters. The number of rotatable bonds is 6. The third-order valence-corrected chi connectivity index (χ3v) is 6.27. The van der Waals surface area contributed by atoms with Gasteiger partial charge in [-0.25, -0.2) is 4.98 Å². The largest absolute Gasteiger partial charge is 0.469 e. The summed E-state index contributed by atoms with van der Waals surface area (Å²) in [5, 5.41) is 0.988. The smallest absolute Gasteiger partial charge is 0.310 e. The number of piperazine rings is 1. The molecule has 1 aliphatic rings. The van der Waals surface area contributed by atoms with E-state index in [1.165, 1.54) is 12.7 Å². The van der Waals surface area contributed by atoms with Gasteiger partial charge in [0.25, 0.3) is 0 Å². The average molecular weight is 408 g/mol. The lowest BCUT2D eigenvalue weighted by atomic mass is 10.1. The Kier molecular flexibility index (Phi) is 6.22. The molecule has 29 heavy (non-hydrogen) atoms. The number of carbonyl (C=O) groups excluding carboxylic acids is 1. The Hall–Kier alpha value is -2.70. The van der Waals surface area contributed by atoms with Crippen molar-refractivity contribution in [1.29, 1.82) is 0 Å². The second-order valence-corrected chi connectivity index (χ2v) is 8.20. The zero-order valence-electron chi connectivity index (χ0n) is 16.6. The maximum atomic E-state index is 11.9. The van der Waals surface area contributed by atoms with Gasteiger partial charge in [-0.1, -0.05) is 60.7 Å². The normalized spacial score (nSPS) is 14.7.